The third kappa shape index (κ3) is 6.71. The van der Waals surface area contributed by atoms with Crippen LogP contribution in [0.5, 0.6) is 11.5 Å². The van der Waals surface area contributed by atoms with Crippen LogP contribution in [0.4, 0.5) is 4.79 Å². The maximum atomic E-state index is 12.3. The van der Waals surface area contributed by atoms with E-state index >= 15 is 0 Å². The summed E-state index contributed by atoms with van der Waals surface area (Å²) in [6.07, 6.45) is 0. The van der Waals surface area contributed by atoms with Gasteiger partial charge in [0.1, 0.15) is 11.5 Å². The van der Waals surface area contributed by atoms with Gasteiger partial charge in [-0.3, -0.25) is 4.79 Å². The number of carbonyl (C=O) groups excluding carboxylic acids is 1. The Kier molecular flexibility index (Phi) is 7.30. The van der Waals surface area contributed by atoms with E-state index in [-0.39, 0.29) is 18.0 Å². The molecule has 0 aliphatic carbocycles. The van der Waals surface area contributed by atoms with Gasteiger partial charge >= 0.3 is 13.2 Å². The third-order valence-electron chi connectivity index (χ3n) is 3.43. The Balaban J connectivity index is 1.90. The van der Waals surface area contributed by atoms with E-state index < -0.39 is 29.3 Å². The second-order valence-electron chi connectivity index (χ2n) is 5.73. The number of hydrogen-bond acceptors (Lipinski definition) is 6. The molecule has 0 radical (unpaired) electrons. The Morgan fingerprint density at radius 3 is 2.18 bits per heavy atom. The fourth-order valence-electron chi connectivity index (χ4n) is 2.01. The molecule has 28 heavy (non-hydrogen) atoms. The van der Waals surface area contributed by atoms with Crippen LogP contribution >= 0.6 is 7.60 Å². The highest BCUT2D eigenvalue weighted by Gasteiger charge is 2.25. The first-order chi connectivity index (χ1) is 13.1. The predicted molar refractivity (Wildman–Crippen MR) is 102 cm³/mol. The molecule has 6 N–H and O–H groups in total. The summed E-state index contributed by atoms with van der Waals surface area (Å²) in [5.41, 5.74) is 4.17. The topological polar surface area (TPSA) is 168 Å². The molecule has 1 atom stereocenters. The van der Waals surface area contributed by atoms with Gasteiger partial charge < -0.3 is 25.6 Å². The minimum atomic E-state index is -4.90. The summed E-state index contributed by atoms with van der Waals surface area (Å²) >= 11 is 0. The van der Waals surface area contributed by atoms with Crippen molar-refractivity contribution in [2.75, 3.05) is 13.1 Å². The Morgan fingerprint density at radius 1 is 1.04 bits per heavy atom. The largest absolute Gasteiger partial charge is 0.457 e. The van der Waals surface area contributed by atoms with E-state index in [0.717, 1.165) is 0 Å². The van der Waals surface area contributed by atoms with Gasteiger partial charge in [0.15, 0.2) is 0 Å². The van der Waals surface area contributed by atoms with E-state index in [1.807, 2.05) is 23.5 Å². The van der Waals surface area contributed by atoms with Gasteiger partial charge in [-0.05, 0) is 36.4 Å². The number of nitrogens with two attached hydrogens (primary N) is 1. The molecule has 2 rings (SSSR count). The van der Waals surface area contributed by atoms with Gasteiger partial charge in [-0.2, -0.15) is 0 Å². The number of benzene rings is 2. The zero-order chi connectivity index (χ0) is 20.8. The summed E-state index contributed by atoms with van der Waals surface area (Å²) in [7, 11) is -8.76. The highest BCUT2D eigenvalue weighted by atomic mass is 32.2. The Labute approximate surface area is 161 Å². The molecule has 152 valence electrons. The molecule has 1 amide bonds. The normalized spacial score (nSPS) is 13.0. The molecule has 0 spiro atoms. The molecule has 0 bridgehead atoms. The fourth-order valence-corrected chi connectivity index (χ4v) is 3.40. The van der Waals surface area contributed by atoms with Crippen LogP contribution in [0.2, 0.25) is 0 Å². The molecule has 0 fully saturated rings. The van der Waals surface area contributed by atoms with E-state index in [2.05, 4.69) is 4.72 Å². The number of ether oxygens (including phenoxy) is 1. The first-order valence-electron chi connectivity index (χ1n) is 8.00. The van der Waals surface area contributed by atoms with Crippen LogP contribution in [-0.4, -0.2) is 43.0 Å². The van der Waals surface area contributed by atoms with Gasteiger partial charge in [0.25, 0.3) is 0 Å². The Bertz CT molecular complexity index is 946. The van der Waals surface area contributed by atoms with Crippen molar-refractivity contribution in [1.29, 1.82) is 0 Å². The predicted octanol–water partition coefficient (Wildman–Crippen LogP) is 0.972. The minimum absolute atomic E-state index is 0.0145. The Hall–Kier alpha value is -2.27. The lowest BCUT2D eigenvalue weighted by atomic mass is 10.3. The smallest absolute Gasteiger partial charge is 0.413 e. The van der Waals surface area contributed by atoms with Crippen molar-refractivity contribution >= 4 is 23.3 Å². The van der Waals surface area contributed by atoms with Crippen molar-refractivity contribution in [2.45, 2.75) is 10.9 Å². The van der Waals surface area contributed by atoms with Crippen LogP contribution in [0.1, 0.15) is 0 Å². The average molecular weight is 429 g/mol. The SMILES string of the molecule is NC(CNC(=O)P(=O)(O)O)CNS(=O)(=O)c1ccc(Oc2ccccc2)cc1. The molecule has 2 aromatic carbocycles. The summed E-state index contributed by atoms with van der Waals surface area (Å²) in [5, 5.41) is 1.95. The van der Waals surface area contributed by atoms with Crippen LogP contribution in [0.3, 0.4) is 0 Å². The quantitative estimate of drug-likeness (QED) is 0.367. The van der Waals surface area contributed by atoms with E-state index in [9.17, 15) is 17.8 Å². The second-order valence-corrected chi connectivity index (χ2v) is 8.99. The maximum Gasteiger partial charge on any atom is 0.413 e. The van der Waals surface area contributed by atoms with Crippen molar-refractivity contribution in [3.63, 3.8) is 0 Å². The Morgan fingerprint density at radius 2 is 1.61 bits per heavy atom. The number of nitrogens with one attached hydrogen (secondary N) is 2. The number of hydrogen-bond donors (Lipinski definition) is 5. The van der Waals surface area contributed by atoms with Gasteiger partial charge in [0.2, 0.25) is 10.0 Å². The average Bonchev–Trinajstić information content (AvgIpc) is 2.65. The van der Waals surface area contributed by atoms with Gasteiger partial charge in [-0.15, -0.1) is 0 Å². The van der Waals surface area contributed by atoms with Crippen molar-refractivity contribution in [3.8, 4) is 11.5 Å². The maximum absolute atomic E-state index is 12.3. The van der Waals surface area contributed by atoms with E-state index in [1.54, 1.807) is 12.1 Å². The van der Waals surface area contributed by atoms with Crippen molar-refractivity contribution in [3.05, 3.63) is 54.6 Å². The molecule has 0 aromatic heterocycles. The van der Waals surface area contributed by atoms with Gasteiger partial charge in [-0.25, -0.2) is 17.7 Å². The molecular formula is C16H20N3O7PS. The lowest BCUT2D eigenvalue weighted by Gasteiger charge is -2.14. The van der Waals surface area contributed by atoms with Gasteiger partial charge in [-0.1, -0.05) is 18.2 Å². The lowest BCUT2D eigenvalue weighted by molar-refractivity contribution is 0.248. The van der Waals surface area contributed by atoms with Crippen LogP contribution in [0, 0.1) is 0 Å². The second kappa shape index (κ2) is 9.28. The molecular weight excluding hydrogens is 409 g/mol. The molecule has 1 unspecified atom stereocenters. The monoisotopic (exact) mass is 429 g/mol. The van der Waals surface area contributed by atoms with E-state index in [0.29, 0.717) is 11.5 Å². The molecule has 12 heteroatoms. The number of rotatable bonds is 9. The zero-order valence-corrected chi connectivity index (χ0v) is 16.3. The summed E-state index contributed by atoms with van der Waals surface area (Å²) in [6, 6.07) is 13.8. The summed E-state index contributed by atoms with van der Waals surface area (Å²) in [5.74, 6) is 1.07. The molecule has 10 nitrogen and oxygen atoms in total. The molecule has 0 saturated carbocycles. The summed E-state index contributed by atoms with van der Waals surface area (Å²) in [6.45, 7) is -0.553. The van der Waals surface area contributed by atoms with E-state index in [4.69, 9.17) is 20.3 Å². The van der Waals surface area contributed by atoms with Gasteiger partial charge in [0, 0.05) is 19.1 Å². The van der Waals surface area contributed by atoms with Crippen LogP contribution < -0.4 is 20.5 Å². The highest BCUT2D eigenvalue weighted by molar-refractivity contribution is 7.89. The molecule has 0 aliphatic heterocycles. The number of para-hydroxylation sites is 1. The first kappa shape index (κ1) is 22.0. The molecule has 0 saturated heterocycles. The first-order valence-corrected chi connectivity index (χ1v) is 11.1. The molecule has 2 aromatic rings. The summed E-state index contributed by atoms with van der Waals surface area (Å²) < 4.78 is 43.1. The van der Waals surface area contributed by atoms with Crippen molar-refractivity contribution in [1.82, 2.24) is 10.0 Å². The number of carbonyl (C=O) groups is 1. The third-order valence-corrected chi connectivity index (χ3v) is 5.56. The zero-order valence-electron chi connectivity index (χ0n) is 14.6. The fraction of sp³-hybridized carbons (Fsp3) is 0.188. The van der Waals surface area contributed by atoms with Crippen LogP contribution in [0.15, 0.2) is 59.5 Å². The van der Waals surface area contributed by atoms with Crippen LogP contribution in [0.25, 0.3) is 0 Å². The van der Waals surface area contributed by atoms with E-state index in [1.165, 1.54) is 24.3 Å². The standard InChI is InChI=1S/C16H20N3O7PS/c17-12(10-18-16(20)27(21,22)23)11-19-28(24,25)15-8-6-14(7-9-15)26-13-4-2-1-3-5-13/h1-9,12,19H,10-11,17H2,(H,18,20)(H2,21,22,23). The van der Waals surface area contributed by atoms with Crippen LogP contribution in [-0.2, 0) is 14.6 Å². The number of sulfonamides is 1. The summed E-state index contributed by atoms with van der Waals surface area (Å²) in [4.78, 5) is 28.4. The van der Waals surface area contributed by atoms with Gasteiger partial charge in [0.05, 0.1) is 4.90 Å². The van der Waals surface area contributed by atoms with Crippen molar-refractivity contribution in [2.24, 2.45) is 5.73 Å². The molecule has 0 heterocycles. The highest BCUT2D eigenvalue weighted by Crippen LogP contribution is 2.34. The van der Waals surface area contributed by atoms with Crippen molar-refractivity contribution < 1.29 is 32.3 Å². The minimum Gasteiger partial charge on any atom is -0.457 e. The lowest BCUT2D eigenvalue weighted by Crippen LogP contribution is -2.44. The number of amides is 1. The molecule has 0 aliphatic rings.